The Morgan fingerprint density at radius 1 is 0.778 bits per heavy atom. The lowest BCUT2D eigenvalue weighted by Gasteiger charge is -2.30. The summed E-state index contributed by atoms with van der Waals surface area (Å²) in [6, 6.07) is 1.18. The molecule has 18 heteroatoms. The highest BCUT2D eigenvalue weighted by Gasteiger charge is 2.41. The third-order valence-corrected chi connectivity index (χ3v) is 13.4. The number of nitrogens with zero attached hydrogens (tertiary/aromatic N) is 2. The zero-order valence-electron chi connectivity index (χ0n) is 31.0. The molecular weight excluding hydrogens is 733 g/mol. The van der Waals surface area contributed by atoms with Gasteiger partial charge in [-0.05, 0) is 38.5 Å². The molecule has 5 aliphatic rings. The van der Waals surface area contributed by atoms with E-state index in [9.17, 15) is 19.2 Å². The molecule has 16 nitrogen and oxygen atoms in total. The lowest BCUT2D eigenvalue weighted by atomic mass is 9.75. The van der Waals surface area contributed by atoms with Gasteiger partial charge in [0.25, 0.3) is 0 Å². The van der Waals surface area contributed by atoms with E-state index in [2.05, 4.69) is 36.6 Å². The number of rotatable bonds is 24. The molecule has 5 rings (SSSR count). The highest BCUT2D eigenvalue weighted by Crippen LogP contribution is 2.37. The van der Waals surface area contributed by atoms with Gasteiger partial charge in [-0.15, -0.1) is 0 Å². The number of aliphatic imine (C=N–C) groups is 2. The molecule has 0 bridgehead atoms. The number of nitrogens with two attached hydrogens (primary N) is 3. The zero-order valence-corrected chi connectivity index (χ0v) is 32.7. The number of hydrogen-bond acceptors (Lipinski definition) is 14. The van der Waals surface area contributed by atoms with Gasteiger partial charge in [0.05, 0.1) is 49.4 Å². The molecule has 0 aromatic carbocycles. The van der Waals surface area contributed by atoms with Crippen LogP contribution in [-0.2, 0) is 28.7 Å². The highest BCUT2D eigenvalue weighted by atomic mass is 32.2. The minimum atomic E-state index is -1.04. The van der Waals surface area contributed by atoms with E-state index < -0.39 is 11.3 Å². The topological polar surface area (TPSA) is 250 Å². The molecule has 4 aliphatic heterocycles. The molecule has 300 valence electrons. The fourth-order valence-corrected chi connectivity index (χ4v) is 10.5. The smallest absolute Gasteiger partial charge is 0.247 e. The molecule has 0 spiro atoms. The second-order valence-electron chi connectivity index (χ2n) is 14.4. The predicted octanol–water partition coefficient (Wildman–Crippen LogP) is -0.222. The summed E-state index contributed by atoms with van der Waals surface area (Å²) in [5.41, 5.74) is 16.8. The van der Waals surface area contributed by atoms with Crippen LogP contribution < -0.4 is 43.8 Å². The summed E-state index contributed by atoms with van der Waals surface area (Å²) >= 11 is 3.85. The van der Waals surface area contributed by atoms with E-state index in [4.69, 9.17) is 26.7 Å². The number of carbonyl (C=O) groups excluding carboxylic acids is 4. The van der Waals surface area contributed by atoms with Gasteiger partial charge in [0.2, 0.25) is 23.6 Å². The van der Waals surface area contributed by atoms with E-state index >= 15 is 0 Å². The Morgan fingerprint density at radius 3 is 1.83 bits per heavy atom. The van der Waals surface area contributed by atoms with Crippen LogP contribution in [0.4, 0.5) is 0 Å². The molecule has 2 fully saturated rings. The number of amides is 4. The maximum atomic E-state index is 12.9. The fourth-order valence-electron chi connectivity index (χ4n) is 7.45. The molecule has 0 saturated carbocycles. The molecule has 0 aromatic rings. The number of fused-ring (bicyclic) bond motifs is 2. The second-order valence-corrected chi connectivity index (χ2v) is 17.0. The van der Waals surface area contributed by atoms with Crippen molar-refractivity contribution in [2.24, 2.45) is 32.6 Å². The average Bonchev–Trinajstić information content (AvgIpc) is 3.91. The third-order valence-electron chi connectivity index (χ3n) is 10.5. The van der Waals surface area contributed by atoms with Gasteiger partial charge in [0.15, 0.2) is 11.9 Å². The SMILES string of the molecule is NC(=O)C1(CCOCCNC(=O)CCCC[C@@H]2SC[C@@H]3NC(N)=N[C@@H]32)C=CC=C(C(=O)NCCOCCNC(=O)CCCC[C@@H]2SC[C@@H]3NC(N)=N[C@@H]32)C1. The Morgan fingerprint density at radius 2 is 1.30 bits per heavy atom. The summed E-state index contributed by atoms with van der Waals surface area (Å²) in [6.45, 7) is 2.21. The first-order valence-corrected chi connectivity index (χ1v) is 21.3. The van der Waals surface area contributed by atoms with Crippen LogP contribution in [-0.4, -0.2) is 128 Å². The van der Waals surface area contributed by atoms with E-state index in [-0.39, 0.29) is 56.0 Å². The van der Waals surface area contributed by atoms with Gasteiger partial charge < -0.3 is 53.3 Å². The average molecular weight is 791 g/mol. The molecular formula is C36H58N10O6S2. The first-order chi connectivity index (χ1) is 26.1. The zero-order chi connectivity index (χ0) is 38.3. The second kappa shape index (κ2) is 21.0. The van der Waals surface area contributed by atoms with Gasteiger partial charge in [-0.3, -0.25) is 19.2 Å². The summed E-state index contributed by atoms with van der Waals surface area (Å²) in [5.74, 6) is 2.27. The summed E-state index contributed by atoms with van der Waals surface area (Å²) in [6.07, 6.45) is 12.1. The van der Waals surface area contributed by atoms with Crippen molar-refractivity contribution in [3.63, 3.8) is 0 Å². The molecule has 4 heterocycles. The van der Waals surface area contributed by atoms with Crippen molar-refractivity contribution >= 4 is 59.1 Å². The summed E-state index contributed by atoms with van der Waals surface area (Å²) < 4.78 is 11.3. The summed E-state index contributed by atoms with van der Waals surface area (Å²) in [7, 11) is 0. The van der Waals surface area contributed by atoms with Crippen LogP contribution in [0.2, 0.25) is 0 Å². The van der Waals surface area contributed by atoms with E-state index in [0.29, 0.717) is 85.6 Å². The lowest BCUT2D eigenvalue weighted by Crippen LogP contribution is -2.40. The van der Waals surface area contributed by atoms with Crippen molar-refractivity contribution in [2.75, 3.05) is 57.6 Å². The minimum absolute atomic E-state index is 0.000363. The molecule has 7 atom stereocenters. The van der Waals surface area contributed by atoms with Crippen LogP contribution in [0.3, 0.4) is 0 Å². The molecule has 4 amide bonds. The molecule has 11 N–H and O–H groups in total. The van der Waals surface area contributed by atoms with E-state index in [1.54, 1.807) is 18.2 Å². The number of carbonyl (C=O) groups is 4. The summed E-state index contributed by atoms with van der Waals surface area (Å²) in [5, 5.41) is 15.9. The van der Waals surface area contributed by atoms with Crippen LogP contribution >= 0.6 is 23.5 Å². The number of primary amides is 1. The van der Waals surface area contributed by atoms with Crippen LogP contribution in [0.15, 0.2) is 33.8 Å². The third kappa shape index (κ3) is 12.3. The van der Waals surface area contributed by atoms with Crippen molar-refractivity contribution in [3.05, 3.63) is 23.8 Å². The van der Waals surface area contributed by atoms with Crippen LogP contribution in [0.5, 0.6) is 0 Å². The van der Waals surface area contributed by atoms with Gasteiger partial charge in [0, 0.05) is 66.7 Å². The predicted molar refractivity (Wildman–Crippen MR) is 213 cm³/mol. The number of hydrogen-bond donors (Lipinski definition) is 8. The van der Waals surface area contributed by atoms with Crippen LogP contribution in [0.1, 0.15) is 64.2 Å². The maximum absolute atomic E-state index is 12.9. The van der Waals surface area contributed by atoms with E-state index in [1.807, 2.05) is 23.5 Å². The number of ether oxygens (including phenoxy) is 2. The normalized spacial score (nSPS) is 27.9. The van der Waals surface area contributed by atoms with Crippen molar-refractivity contribution in [1.82, 2.24) is 26.6 Å². The number of allylic oxidation sites excluding steroid dienone is 2. The number of guanidine groups is 2. The van der Waals surface area contributed by atoms with Gasteiger partial charge in [-0.25, -0.2) is 9.98 Å². The van der Waals surface area contributed by atoms with Crippen LogP contribution in [0, 0.1) is 5.41 Å². The molecule has 0 aromatic heterocycles. The molecule has 2 saturated heterocycles. The molecule has 54 heavy (non-hydrogen) atoms. The molecule has 1 aliphatic carbocycles. The van der Waals surface area contributed by atoms with Crippen molar-refractivity contribution in [2.45, 2.75) is 98.9 Å². The molecule has 0 radical (unpaired) electrons. The van der Waals surface area contributed by atoms with Gasteiger partial charge in [-0.1, -0.05) is 31.1 Å². The summed E-state index contributed by atoms with van der Waals surface area (Å²) in [4.78, 5) is 58.9. The Balaban J connectivity index is 0.848. The largest absolute Gasteiger partial charge is 0.380 e. The van der Waals surface area contributed by atoms with Gasteiger partial charge in [-0.2, -0.15) is 23.5 Å². The minimum Gasteiger partial charge on any atom is -0.380 e. The number of nitrogens with one attached hydrogen (secondary N) is 5. The Kier molecular flexibility index (Phi) is 16.2. The number of thioether (sulfide) groups is 2. The number of unbranched alkanes of at least 4 members (excludes halogenated alkanes) is 2. The van der Waals surface area contributed by atoms with Crippen molar-refractivity contribution < 1.29 is 28.7 Å². The van der Waals surface area contributed by atoms with E-state index in [0.717, 1.165) is 50.0 Å². The van der Waals surface area contributed by atoms with Crippen molar-refractivity contribution in [1.29, 1.82) is 0 Å². The standard InChI is InChI=1S/C36H58N10O6S2/c37-33(50)36(12-16-51-17-13-40-28(47)9-3-1-7-26-30-24(21-53-26)43-34(38)45-30)11-5-6-23(20-36)32(49)42-15-19-52-18-14-41-29(48)10-4-2-8-27-31-25(22-54-27)44-35(39)46-31/h5-6,11,24-27,30-31H,1-4,7-10,12-22H2,(H2,37,50)(H,40,47)(H,41,48)(H,42,49)(H3,38,43,45)(H3,39,44,46)/t24-,25-,26-,27-,30-,31-,36?/m0/s1. The molecule has 1 unspecified atom stereocenters. The van der Waals surface area contributed by atoms with Crippen LogP contribution in [0.25, 0.3) is 0 Å². The lowest BCUT2D eigenvalue weighted by molar-refractivity contribution is -0.126. The fraction of sp³-hybridized carbons (Fsp3) is 0.722. The van der Waals surface area contributed by atoms with Gasteiger partial charge in [0.1, 0.15) is 0 Å². The van der Waals surface area contributed by atoms with E-state index in [1.165, 1.54) is 0 Å². The quantitative estimate of drug-likeness (QED) is 0.0592. The highest BCUT2D eigenvalue weighted by molar-refractivity contribution is 8.00. The van der Waals surface area contributed by atoms with Crippen molar-refractivity contribution in [3.8, 4) is 0 Å². The first-order valence-electron chi connectivity index (χ1n) is 19.2. The Labute approximate surface area is 326 Å². The van der Waals surface area contributed by atoms with Gasteiger partial charge >= 0.3 is 0 Å². The Bertz CT molecular complexity index is 1450. The first kappa shape index (κ1) is 41.7. The maximum Gasteiger partial charge on any atom is 0.247 e. The monoisotopic (exact) mass is 790 g/mol. The Hall–Kier alpha value is -3.48.